The van der Waals surface area contributed by atoms with Crippen LogP contribution in [0.5, 0.6) is 0 Å². The second-order valence-corrected chi connectivity index (χ2v) is 10.3. The lowest BCUT2D eigenvalue weighted by molar-refractivity contribution is 0.0699. The molecule has 1 N–H and O–H groups in total. The van der Waals surface area contributed by atoms with Crippen molar-refractivity contribution < 1.29 is 13.2 Å². The zero-order valence-electron chi connectivity index (χ0n) is 16.2. The van der Waals surface area contributed by atoms with E-state index in [1.165, 1.54) is 11.3 Å². The van der Waals surface area contributed by atoms with Gasteiger partial charge in [0.1, 0.15) is 10.0 Å². The maximum absolute atomic E-state index is 12.9. The van der Waals surface area contributed by atoms with Gasteiger partial charge in [-0.1, -0.05) is 29.8 Å². The molecule has 158 valence electrons. The Morgan fingerprint density at radius 1 is 1.20 bits per heavy atom. The van der Waals surface area contributed by atoms with Crippen LogP contribution in [0.1, 0.15) is 29.3 Å². The van der Waals surface area contributed by atoms with Crippen LogP contribution >= 0.6 is 22.9 Å². The van der Waals surface area contributed by atoms with Gasteiger partial charge in [0.05, 0.1) is 10.7 Å². The molecule has 1 saturated heterocycles. The van der Waals surface area contributed by atoms with Crippen LogP contribution in [-0.2, 0) is 10.0 Å². The second-order valence-electron chi connectivity index (χ2n) is 6.97. The van der Waals surface area contributed by atoms with Crippen LogP contribution in [0.4, 0.5) is 0 Å². The van der Waals surface area contributed by atoms with Crippen molar-refractivity contribution in [2.75, 3.05) is 13.1 Å². The average Bonchev–Trinajstić information content (AvgIpc) is 3.39. The van der Waals surface area contributed by atoms with Crippen LogP contribution in [0.2, 0.25) is 5.02 Å². The van der Waals surface area contributed by atoms with E-state index in [1.54, 1.807) is 40.1 Å². The third-order valence-corrected chi connectivity index (χ3v) is 8.14. The molecule has 0 saturated carbocycles. The molecular formula is C19H20ClN5O3S2. The SMILES string of the molecule is Cc1nc(C(=O)N2CCC(NS(=O)(=O)c3cccs3)CC2)nn1-c1ccccc1Cl. The number of sulfonamides is 1. The molecule has 0 bridgehead atoms. The molecule has 2 aromatic heterocycles. The first-order valence-electron chi connectivity index (χ1n) is 9.39. The van der Waals surface area contributed by atoms with Gasteiger partial charge in [0.2, 0.25) is 15.8 Å². The monoisotopic (exact) mass is 465 g/mol. The molecule has 0 atom stereocenters. The van der Waals surface area contributed by atoms with Crippen molar-refractivity contribution in [2.45, 2.75) is 30.0 Å². The molecule has 30 heavy (non-hydrogen) atoms. The maximum Gasteiger partial charge on any atom is 0.293 e. The molecule has 1 amide bonds. The minimum absolute atomic E-state index is 0.102. The lowest BCUT2D eigenvalue weighted by Crippen LogP contribution is -2.46. The number of nitrogens with zero attached hydrogens (tertiary/aromatic N) is 4. The van der Waals surface area contributed by atoms with Crippen molar-refractivity contribution in [3.05, 3.63) is 58.4 Å². The normalized spacial score (nSPS) is 15.5. The van der Waals surface area contributed by atoms with E-state index in [2.05, 4.69) is 14.8 Å². The number of carbonyl (C=O) groups excluding carboxylic acids is 1. The molecule has 1 aliphatic heterocycles. The third kappa shape index (κ3) is 4.27. The van der Waals surface area contributed by atoms with Gasteiger partial charge in [-0.2, -0.15) is 0 Å². The topological polar surface area (TPSA) is 97.2 Å². The van der Waals surface area contributed by atoms with Crippen molar-refractivity contribution in [1.82, 2.24) is 24.4 Å². The van der Waals surface area contributed by atoms with Gasteiger partial charge < -0.3 is 4.90 Å². The zero-order chi connectivity index (χ0) is 21.3. The number of nitrogens with one attached hydrogen (secondary N) is 1. The van der Waals surface area contributed by atoms with E-state index in [0.29, 0.717) is 46.7 Å². The summed E-state index contributed by atoms with van der Waals surface area (Å²) in [5, 5.41) is 6.59. The van der Waals surface area contributed by atoms with Crippen LogP contribution in [0.25, 0.3) is 5.69 Å². The summed E-state index contributed by atoms with van der Waals surface area (Å²) in [6.07, 6.45) is 1.06. The van der Waals surface area contributed by atoms with Crippen molar-refractivity contribution >= 4 is 38.9 Å². The van der Waals surface area contributed by atoms with Gasteiger partial charge >= 0.3 is 0 Å². The van der Waals surface area contributed by atoms with Crippen molar-refractivity contribution in [2.24, 2.45) is 0 Å². The number of benzene rings is 1. The summed E-state index contributed by atoms with van der Waals surface area (Å²) in [5.74, 6) is 0.388. The van der Waals surface area contributed by atoms with Gasteiger partial charge in [-0.05, 0) is 43.3 Å². The van der Waals surface area contributed by atoms with E-state index in [9.17, 15) is 13.2 Å². The van der Waals surface area contributed by atoms with E-state index < -0.39 is 10.0 Å². The number of halogens is 1. The smallest absolute Gasteiger partial charge is 0.293 e. The molecule has 0 spiro atoms. The number of piperidine rings is 1. The highest BCUT2D eigenvalue weighted by molar-refractivity contribution is 7.91. The molecule has 1 aromatic carbocycles. The fraction of sp³-hybridized carbons (Fsp3) is 0.316. The molecule has 11 heteroatoms. The number of rotatable bonds is 5. The van der Waals surface area contributed by atoms with Crippen LogP contribution in [0.15, 0.2) is 46.0 Å². The molecule has 0 aliphatic carbocycles. The highest BCUT2D eigenvalue weighted by Crippen LogP contribution is 2.22. The Kier molecular flexibility index (Phi) is 5.92. The maximum atomic E-state index is 12.9. The van der Waals surface area contributed by atoms with Gasteiger partial charge in [-0.15, -0.1) is 16.4 Å². The Balaban J connectivity index is 1.42. The first kappa shape index (κ1) is 21.0. The zero-order valence-corrected chi connectivity index (χ0v) is 18.5. The van der Waals surface area contributed by atoms with E-state index in [1.807, 2.05) is 18.2 Å². The largest absolute Gasteiger partial charge is 0.336 e. The third-order valence-electron chi connectivity index (χ3n) is 4.90. The highest BCUT2D eigenvalue weighted by atomic mass is 35.5. The summed E-state index contributed by atoms with van der Waals surface area (Å²) in [6, 6.07) is 10.3. The number of aryl methyl sites for hydroxylation is 1. The van der Waals surface area contributed by atoms with Crippen molar-refractivity contribution in [3.8, 4) is 5.69 Å². The fourth-order valence-corrected chi connectivity index (χ4v) is 5.90. The van der Waals surface area contributed by atoms with Gasteiger partial charge in [-0.25, -0.2) is 22.8 Å². The standard InChI is InChI=1S/C19H20ClN5O3S2/c1-13-21-18(22-25(13)16-6-3-2-5-15(16)20)19(26)24-10-8-14(9-11-24)23-30(27,28)17-7-4-12-29-17/h2-7,12,14,23H,8-11H2,1H3. The Morgan fingerprint density at radius 3 is 2.60 bits per heavy atom. The molecule has 3 heterocycles. The highest BCUT2D eigenvalue weighted by Gasteiger charge is 2.29. The molecule has 3 aromatic rings. The van der Waals surface area contributed by atoms with E-state index in [4.69, 9.17) is 11.6 Å². The number of hydrogen-bond donors (Lipinski definition) is 1. The number of carbonyl (C=O) groups is 1. The molecule has 8 nitrogen and oxygen atoms in total. The van der Waals surface area contributed by atoms with Crippen LogP contribution in [0, 0.1) is 6.92 Å². The lowest BCUT2D eigenvalue weighted by atomic mass is 10.1. The number of likely N-dealkylation sites (tertiary alicyclic amines) is 1. The van der Waals surface area contributed by atoms with Crippen LogP contribution in [-0.4, -0.2) is 53.1 Å². The number of para-hydroxylation sites is 1. The molecule has 1 fully saturated rings. The number of hydrogen-bond acceptors (Lipinski definition) is 6. The molecule has 4 rings (SSSR count). The summed E-state index contributed by atoms with van der Waals surface area (Å²) in [5.41, 5.74) is 0.657. The quantitative estimate of drug-likeness (QED) is 0.624. The molecule has 0 unspecified atom stereocenters. The van der Waals surface area contributed by atoms with Gasteiger partial charge in [0.15, 0.2) is 0 Å². The lowest BCUT2D eigenvalue weighted by Gasteiger charge is -2.31. The van der Waals surface area contributed by atoms with Gasteiger partial charge in [-0.3, -0.25) is 4.79 Å². The summed E-state index contributed by atoms with van der Waals surface area (Å²) in [6.45, 7) is 2.62. The number of aromatic nitrogens is 3. The average molecular weight is 466 g/mol. The van der Waals surface area contributed by atoms with Crippen molar-refractivity contribution in [3.63, 3.8) is 0 Å². The minimum atomic E-state index is -3.52. The van der Waals surface area contributed by atoms with Gasteiger partial charge in [0, 0.05) is 19.1 Å². The van der Waals surface area contributed by atoms with E-state index in [-0.39, 0.29) is 17.8 Å². The number of thiophene rings is 1. The van der Waals surface area contributed by atoms with Crippen LogP contribution < -0.4 is 4.72 Å². The molecular weight excluding hydrogens is 446 g/mol. The minimum Gasteiger partial charge on any atom is -0.336 e. The van der Waals surface area contributed by atoms with E-state index >= 15 is 0 Å². The van der Waals surface area contributed by atoms with Gasteiger partial charge in [0.25, 0.3) is 5.91 Å². The Hall–Kier alpha value is -2.27. The first-order valence-corrected chi connectivity index (χ1v) is 12.1. The molecule has 0 radical (unpaired) electrons. The predicted octanol–water partition coefficient (Wildman–Crippen LogP) is 2.87. The predicted molar refractivity (Wildman–Crippen MR) is 115 cm³/mol. The van der Waals surface area contributed by atoms with E-state index in [0.717, 1.165) is 0 Å². The summed E-state index contributed by atoms with van der Waals surface area (Å²) in [4.78, 5) is 18.8. The summed E-state index contributed by atoms with van der Waals surface area (Å²) >= 11 is 7.42. The summed E-state index contributed by atoms with van der Waals surface area (Å²) < 4.78 is 29.4. The first-order chi connectivity index (χ1) is 14.3. The second kappa shape index (κ2) is 8.46. The number of amides is 1. The van der Waals surface area contributed by atoms with Crippen LogP contribution in [0.3, 0.4) is 0 Å². The Bertz CT molecular complexity index is 1150. The summed E-state index contributed by atoms with van der Waals surface area (Å²) in [7, 11) is -3.52. The van der Waals surface area contributed by atoms with Crippen molar-refractivity contribution in [1.29, 1.82) is 0 Å². The molecule has 1 aliphatic rings. The fourth-order valence-electron chi connectivity index (χ4n) is 3.37. The Morgan fingerprint density at radius 2 is 1.93 bits per heavy atom. The Labute approximate surface area is 183 Å².